The molecule has 2 N–H and O–H groups in total. The molecule has 0 bridgehead atoms. The predicted molar refractivity (Wildman–Crippen MR) is 74.1 cm³/mol. The van der Waals surface area contributed by atoms with Crippen molar-refractivity contribution in [1.82, 2.24) is 10.6 Å². The highest BCUT2D eigenvalue weighted by molar-refractivity contribution is 7.82. The first kappa shape index (κ1) is 12.9. The molecule has 5 heteroatoms. The van der Waals surface area contributed by atoms with Gasteiger partial charge < -0.3 is 15.4 Å². The Morgan fingerprint density at radius 2 is 2.00 bits per heavy atom. The predicted octanol–water partition coefficient (Wildman–Crippen LogP) is 1.85. The van der Waals surface area contributed by atoms with E-state index < -0.39 is 0 Å². The topological polar surface area (TPSA) is 33.3 Å². The average Bonchev–Trinajstić information content (AvgIpc) is 2.29. The normalized spacial score (nSPS) is 9.38. The van der Waals surface area contributed by atoms with E-state index in [9.17, 15) is 0 Å². The second-order valence-electron chi connectivity index (χ2n) is 3.01. The molecule has 0 aliphatic heterocycles. The second-order valence-corrected chi connectivity index (χ2v) is 3.83. The van der Waals surface area contributed by atoms with E-state index in [0.29, 0.717) is 10.1 Å². The third-order valence-electron chi connectivity index (χ3n) is 1.92. The summed E-state index contributed by atoms with van der Waals surface area (Å²) >= 11 is 10.3. The number of methoxy groups -OCH3 is 1. The Labute approximate surface area is 106 Å². The minimum atomic E-state index is 0.526. The van der Waals surface area contributed by atoms with Crippen LogP contribution in [0.25, 0.3) is 0 Å². The summed E-state index contributed by atoms with van der Waals surface area (Å²) in [6.45, 7) is 2.74. The zero-order chi connectivity index (χ0) is 12.0. The fourth-order valence-electron chi connectivity index (χ4n) is 1.21. The highest BCUT2D eigenvalue weighted by atomic mass is 32.1. The van der Waals surface area contributed by atoms with Crippen molar-refractivity contribution in [2.75, 3.05) is 13.7 Å². The van der Waals surface area contributed by atoms with Gasteiger partial charge in [-0.2, -0.15) is 0 Å². The van der Waals surface area contributed by atoms with Crippen LogP contribution in [-0.4, -0.2) is 23.8 Å². The van der Waals surface area contributed by atoms with Gasteiger partial charge in [0.2, 0.25) is 0 Å². The van der Waals surface area contributed by atoms with Crippen LogP contribution in [0.3, 0.4) is 0 Å². The summed E-state index contributed by atoms with van der Waals surface area (Å²) < 4.78 is 5.22. The van der Waals surface area contributed by atoms with Crippen LogP contribution in [0.1, 0.15) is 12.5 Å². The van der Waals surface area contributed by atoms with Gasteiger partial charge in [0.15, 0.2) is 5.11 Å². The molecule has 0 atom stereocenters. The maximum absolute atomic E-state index is 5.25. The minimum Gasteiger partial charge on any atom is -0.496 e. The van der Waals surface area contributed by atoms with Crippen LogP contribution in [0, 0.1) is 0 Å². The van der Waals surface area contributed by atoms with Crippen LogP contribution >= 0.6 is 24.4 Å². The van der Waals surface area contributed by atoms with Gasteiger partial charge in [0, 0.05) is 6.54 Å². The van der Waals surface area contributed by atoms with Crippen molar-refractivity contribution in [3.63, 3.8) is 0 Å². The number of nitrogens with one attached hydrogen (secondary N) is 2. The van der Waals surface area contributed by atoms with E-state index in [4.69, 9.17) is 29.2 Å². The van der Waals surface area contributed by atoms with E-state index in [1.807, 2.05) is 31.2 Å². The Kier molecular flexibility index (Phi) is 5.14. The molecule has 0 saturated heterocycles. The average molecular weight is 254 g/mol. The smallest absolute Gasteiger partial charge is 0.171 e. The molecule has 0 aromatic heterocycles. The lowest BCUT2D eigenvalue weighted by Gasteiger charge is -2.12. The van der Waals surface area contributed by atoms with E-state index >= 15 is 0 Å². The standard InChI is InChI=1S/C11H14N2OS2/c1-3-12-11(16)13-10(15)8-6-4-5-7-9(8)14-2/h4-7H,3H2,1-2H3,(H2,12,13,15,16). The first-order valence-electron chi connectivity index (χ1n) is 4.91. The van der Waals surface area contributed by atoms with Crippen LogP contribution in [0.4, 0.5) is 0 Å². The van der Waals surface area contributed by atoms with Crippen LogP contribution in [0.5, 0.6) is 5.75 Å². The summed E-state index contributed by atoms with van der Waals surface area (Å²) in [5.41, 5.74) is 0.834. The largest absolute Gasteiger partial charge is 0.496 e. The molecule has 0 amide bonds. The van der Waals surface area contributed by atoms with Crippen LogP contribution in [-0.2, 0) is 0 Å². The lowest BCUT2D eigenvalue weighted by Crippen LogP contribution is -2.38. The van der Waals surface area contributed by atoms with Gasteiger partial charge in [0.25, 0.3) is 0 Å². The number of rotatable bonds is 3. The lowest BCUT2D eigenvalue weighted by molar-refractivity contribution is 0.414. The lowest BCUT2D eigenvalue weighted by atomic mass is 10.2. The third-order valence-corrected chi connectivity index (χ3v) is 2.48. The van der Waals surface area contributed by atoms with Crippen molar-refractivity contribution in [3.05, 3.63) is 29.8 Å². The molecular weight excluding hydrogens is 240 g/mol. The van der Waals surface area contributed by atoms with E-state index in [0.717, 1.165) is 17.9 Å². The molecule has 0 saturated carbocycles. The summed E-state index contributed by atoms with van der Waals surface area (Å²) in [5.74, 6) is 0.735. The maximum atomic E-state index is 5.25. The third kappa shape index (κ3) is 3.43. The number of para-hydroxylation sites is 1. The van der Waals surface area contributed by atoms with E-state index in [1.165, 1.54) is 0 Å². The molecule has 0 aliphatic rings. The second kappa shape index (κ2) is 6.40. The van der Waals surface area contributed by atoms with Gasteiger partial charge in [-0.05, 0) is 31.3 Å². The SMILES string of the molecule is CCNC(=S)NC(=S)c1ccccc1OC. The molecule has 1 aromatic rings. The van der Waals surface area contributed by atoms with Gasteiger partial charge in [0.05, 0.1) is 12.7 Å². The van der Waals surface area contributed by atoms with Crippen LogP contribution in [0.2, 0.25) is 0 Å². The Balaban J connectivity index is 2.76. The Bertz CT molecular complexity index is 393. The van der Waals surface area contributed by atoms with Crippen LogP contribution in [0.15, 0.2) is 24.3 Å². The summed E-state index contributed by atoms with van der Waals surface area (Å²) in [6, 6.07) is 7.55. The Morgan fingerprint density at radius 3 is 2.62 bits per heavy atom. The van der Waals surface area contributed by atoms with Gasteiger partial charge >= 0.3 is 0 Å². The number of ether oxygens (including phenoxy) is 1. The molecule has 3 nitrogen and oxygen atoms in total. The quantitative estimate of drug-likeness (QED) is 0.805. The molecule has 0 radical (unpaired) electrons. The van der Waals surface area contributed by atoms with Crippen LogP contribution < -0.4 is 15.4 Å². The molecule has 0 aliphatic carbocycles. The molecule has 0 heterocycles. The summed E-state index contributed by atoms with van der Waals surface area (Å²) in [7, 11) is 1.62. The molecule has 1 aromatic carbocycles. The molecular formula is C11H14N2OS2. The molecule has 0 fully saturated rings. The van der Waals surface area contributed by atoms with Crippen molar-refractivity contribution in [3.8, 4) is 5.75 Å². The van der Waals surface area contributed by atoms with Crippen molar-refractivity contribution >= 4 is 34.5 Å². The van der Waals surface area contributed by atoms with Gasteiger partial charge in [-0.3, -0.25) is 0 Å². The summed E-state index contributed by atoms with van der Waals surface area (Å²) in [5, 5.41) is 6.45. The molecule has 0 spiro atoms. The van der Waals surface area contributed by atoms with E-state index in [-0.39, 0.29) is 0 Å². The van der Waals surface area contributed by atoms with Crippen molar-refractivity contribution < 1.29 is 4.74 Å². The monoisotopic (exact) mass is 254 g/mol. The van der Waals surface area contributed by atoms with Gasteiger partial charge in [-0.1, -0.05) is 24.4 Å². The highest BCUT2D eigenvalue weighted by Gasteiger charge is 2.08. The number of benzene rings is 1. The van der Waals surface area contributed by atoms with Gasteiger partial charge in [-0.25, -0.2) is 0 Å². The maximum Gasteiger partial charge on any atom is 0.171 e. The first-order chi connectivity index (χ1) is 7.69. The molecule has 86 valence electrons. The zero-order valence-corrected chi connectivity index (χ0v) is 10.9. The number of hydrogen-bond acceptors (Lipinski definition) is 3. The van der Waals surface area contributed by atoms with Crippen molar-refractivity contribution in [1.29, 1.82) is 0 Å². The molecule has 1 rings (SSSR count). The summed E-state index contributed by atoms with van der Waals surface area (Å²) in [4.78, 5) is 0.559. The number of thiocarbonyl (C=S) groups is 2. The fraction of sp³-hybridized carbons (Fsp3) is 0.273. The van der Waals surface area contributed by atoms with Gasteiger partial charge in [-0.15, -0.1) is 0 Å². The molecule has 0 unspecified atom stereocenters. The fourth-order valence-corrected chi connectivity index (χ4v) is 1.79. The van der Waals surface area contributed by atoms with E-state index in [1.54, 1.807) is 7.11 Å². The first-order valence-corrected chi connectivity index (χ1v) is 5.73. The Hall–Kier alpha value is -1.20. The van der Waals surface area contributed by atoms with Crippen molar-refractivity contribution in [2.24, 2.45) is 0 Å². The highest BCUT2D eigenvalue weighted by Crippen LogP contribution is 2.17. The van der Waals surface area contributed by atoms with Gasteiger partial charge in [0.1, 0.15) is 10.7 Å². The van der Waals surface area contributed by atoms with E-state index in [2.05, 4.69) is 10.6 Å². The Morgan fingerprint density at radius 1 is 1.31 bits per heavy atom. The molecule has 16 heavy (non-hydrogen) atoms. The zero-order valence-electron chi connectivity index (χ0n) is 9.24. The summed E-state index contributed by atoms with van der Waals surface area (Å²) in [6.07, 6.45) is 0. The minimum absolute atomic E-state index is 0.526. The van der Waals surface area contributed by atoms with Crippen molar-refractivity contribution in [2.45, 2.75) is 6.92 Å². The number of hydrogen-bond donors (Lipinski definition) is 2.